The number of pyridine rings is 2. The fourth-order valence-corrected chi connectivity index (χ4v) is 8.83. The van der Waals surface area contributed by atoms with Gasteiger partial charge in [0.05, 0.1) is 17.4 Å². The second-order valence-electron chi connectivity index (χ2n) is 16.4. The van der Waals surface area contributed by atoms with E-state index < -0.39 is 8.32 Å². The number of nitrogens with zero attached hydrogens (tertiary/aromatic N) is 6. The van der Waals surface area contributed by atoms with E-state index in [2.05, 4.69) is 60.0 Å². The maximum absolute atomic E-state index is 13.5. The van der Waals surface area contributed by atoms with E-state index in [-0.39, 0.29) is 28.0 Å². The molecule has 1 saturated heterocycles. The molecule has 3 aliphatic rings. The summed E-state index contributed by atoms with van der Waals surface area (Å²) in [6, 6.07) is 4.12. The standard InChI is InChI=1S/C38H57N7O3Si/c1-26-32-23-40-37(42-35(32)45(30-10-8-9-11-30)36(47)34(26)27(2)46)41-33-17-16-31(22-39-33)44-20-18-43(19-21-44)24-28-12-14-29(15-13-28)25-48-49(6,7)38(3,4)5/h16-17,22-23,28-30H,8-15,18-21,24-25H2,1-7H3,(H,39,40,41,42). The average Bonchev–Trinajstić information content (AvgIpc) is 3.59. The molecule has 0 amide bonds. The van der Waals surface area contributed by atoms with E-state index in [0.29, 0.717) is 23.0 Å². The van der Waals surface area contributed by atoms with Crippen LogP contribution in [0.4, 0.5) is 17.5 Å². The smallest absolute Gasteiger partial charge is 0.263 e. The molecule has 2 saturated carbocycles. The van der Waals surface area contributed by atoms with Crippen molar-refractivity contribution in [3.63, 3.8) is 0 Å². The van der Waals surface area contributed by atoms with Crippen LogP contribution < -0.4 is 15.8 Å². The number of Topliss-reactive ketones (excluding diaryl/α,β-unsaturated/α-hetero) is 1. The first kappa shape index (κ1) is 35.7. The van der Waals surface area contributed by atoms with Crippen LogP contribution >= 0.6 is 0 Å². The third-order valence-electron chi connectivity index (χ3n) is 11.9. The molecular weight excluding hydrogens is 631 g/mol. The number of fused-ring (bicyclic) bond motifs is 1. The third kappa shape index (κ3) is 7.94. The van der Waals surface area contributed by atoms with Crippen LogP contribution in [-0.4, -0.2) is 77.9 Å². The zero-order valence-electron chi connectivity index (χ0n) is 30.8. The van der Waals surface area contributed by atoms with Crippen LogP contribution in [0.25, 0.3) is 11.0 Å². The Kier molecular flexibility index (Phi) is 10.6. The summed E-state index contributed by atoms with van der Waals surface area (Å²) in [7, 11) is -1.67. The lowest BCUT2D eigenvalue weighted by Gasteiger charge is -2.40. The number of ketones is 1. The zero-order chi connectivity index (χ0) is 34.9. The van der Waals surface area contributed by atoms with Crippen molar-refractivity contribution in [2.45, 2.75) is 110 Å². The lowest BCUT2D eigenvalue weighted by Crippen LogP contribution is -2.48. The summed E-state index contributed by atoms with van der Waals surface area (Å²) in [5.74, 6) is 2.35. The molecule has 6 rings (SSSR count). The highest BCUT2D eigenvalue weighted by atomic mass is 28.4. The van der Waals surface area contributed by atoms with E-state index in [9.17, 15) is 9.59 Å². The van der Waals surface area contributed by atoms with Crippen molar-refractivity contribution < 1.29 is 9.22 Å². The van der Waals surface area contributed by atoms with Crippen LogP contribution in [0.3, 0.4) is 0 Å². The number of aromatic nitrogens is 4. The molecule has 0 radical (unpaired) electrons. The first-order chi connectivity index (χ1) is 23.3. The zero-order valence-corrected chi connectivity index (χ0v) is 31.8. The fraction of sp³-hybridized carbons (Fsp3) is 0.658. The van der Waals surface area contributed by atoms with E-state index in [1.165, 1.54) is 39.2 Å². The average molecular weight is 688 g/mol. The van der Waals surface area contributed by atoms with Gasteiger partial charge < -0.3 is 14.6 Å². The maximum Gasteiger partial charge on any atom is 0.263 e. The van der Waals surface area contributed by atoms with Gasteiger partial charge in [-0.25, -0.2) is 9.97 Å². The van der Waals surface area contributed by atoms with Gasteiger partial charge in [-0.2, -0.15) is 4.98 Å². The molecule has 1 N–H and O–H groups in total. The van der Waals surface area contributed by atoms with Crippen molar-refractivity contribution in [3.8, 4) is 0 Å². The van der Waals surface area contributed by atoms with Gasteiger partial charge in [-0.15, -0.1) is 0 Å². The Morgan fingerprint density at radius 3 is 2.24 bits per heavy atom. The molecule has 1 aliphatic heterocycles. The minimum atomic E-state index is -1.67. The third-order valence-corrected chi connectivity index (χ3v) is 16.4. The number of anilines is 3. The first-order valence-corrected chi connectivity index (χ1v) is 21.5. The fourth-order valence-electron chi connectivity index (χ4n) is 7.75. The summed E-state index contributed by atoms with van der Waals surface area (Å²) in [6.07, 6.45) is 12.8. The van der Waals surface area contributed by atoms with E-state index in [1.807, 2.05) is 19.2 Å². The van der Waals surface area contributed by atoms with E-state index in [0.717, 1.165) is 81.4 Å². The predicted octanol–water partition coefficient (Wildman–Crippen LogP) is 7.51. The molecule has 0 spiro atoms. The lowest BCUT2D eigenvalue weighted by molar-refractivity contribution is 0.101. The molecule has 0 aromatic carbocycles. The van der Waals surface area contributed by atoms with E-state index in [4.69, 9.17) is 14.4 Å². The molecule has 0 atom stereocenters. The Balaban J connectivity index is 1.02. The minimum absolute atomic E-state index is 0.0434. The molecule has 3 aromatic rings. The Morgan fingerprint density at radius 2 is 1.63 bits per heavy atom. The van der Waals surface area contributed by atoms with Gasteiger partial charge in [0.1, 0.15) is 11.5 Å². The van der Waals surface area contributed by atoms with Gasteiger partial charge in [-0.1, -0.05) is 33.6 Å². The second kappa shape index (κ2) is 14.6. The van der Waals surface area contributed by atoms with Crippen molar-refractivity contribution in [3.05, 3.63) is 46.0 Å². The van der Waals surface area contributed by atoms with Gasteiger partial charge in [0.25, 0.3) is 5.56 Å². The SMILES string of the molecule is CC(=O)c1c(C)c2cnc(Nc3ccc(N4CCN(CC5CCC(CO[Si](C)(C)C(C)(C)C)CC5)CC4)cn3)nc2n(C2CCCC2)c1=O. The number of aryl methyl sites for hydroxylation is 1. The first-order valence-electron chi connectivity index (χ1n) is 18.6. The number of piperazine rings is 1. The van der Waals surface area contributed by atoms with Crippen molar-refractivity contribution in [1.82, 2.24) is 24.4 Å². The largest absolute Gasteiger partial charge is 0.417 e. The summed E-state index contributed by atoms with van der Waals surface area (Å²) in [5.41, 5.74) is 2.34. The van der Waals surface area contributed by atoms with Crippen molar-refractivity contribution in [2.24, 2.45) is 11.8 Å². The van der Waals surface area contributed by atoms with Crippen molar-refractivity contribution in [2.75, 3.05) is 49.5 Å². The summed E-state index contributed by atoms with van der Waals surface area (Å²) in [6.45, 7) is 21.3. The Morgan fingerprint density at radius 1 is 0.959 bits per heavy atom. The van der Waals surface area contributed by atoms with Crippen LogP contribution in [0.2, 0.25) is 18.1 Å². The molecule has 266 valence electrons. The minimum Gasteiger partial charge on any atom is -0.417 e. The molecule has 0 unspecified atom stereocenters. The maximum atomic E-state index is 13.5. The predicted molar refractivity (Wildman–Crippen MR) is 201 cm³/mol. The lowest BCUT2D eigenvalue weighted by atomic mass is 9.82. The Hall–Kier alpha value is -3.15. The van der Waals surface area contributed by atoms with Gasteiger partial charge >= 0.3 is 0 Å². The summed E-state index contributed by atoms with van der Waals surface area (Å²) >= 11 is 0. The van der Waals surface area contributed by atoms with Gasteiger partial charge in [0, 0.05) is 57.0 Å². The molecule has 4 heterocycles. The van der Waals surface area contributed by atoms with Gasteiger partial charge in [-0.05, 0) is 100 Å². The monoisotopic (exact) mass is 687 g/mol. The molecular formula is C38H57N7O3Si. The highest BCUT2D eigenvalue weighted by Crippen LogP contribution is 2.38. The number of carbonyl (C=O) groups excluding carboxylic acids is 1. The molecule has 49 heavy (non-hydrogen) atoms. The number of hydrogen-bond donors (Lipinski definition) is 1. The van der Waals surface area contributed by atoms with Crippen molar-refractivity contribution in [1.29, 1.82) is 0 Å². The number of hydrogen-bond acceptors (Lipinski definition) is 9. The topological polar surface area (TPSA) is 105 Å². The summed E-state index contributed by atoms with van der Waals surface area (Å²) in [5, 5.41) is 4.27. The van der Waals surface area contributed by atoms with Gasteiger partial charge in [0.2, 0.25) is 5.95 Å². The Labute approximate surface area is 293 Å². The van der Waals surface area contributed by atoms with Crippen LogP contribution in [0.15, 0.2) is 29.3 Å². The van der Waals surface area contributed by atoms with Crippen LogP contribution in [0.1, 0.15) is 101 Å². The summed E-state index contributed by atoms with van der Waals surface area (Å²) in [4.78, 5) is 45.1. The molecule has 0 bridgehead atoms. The van der Waals surface area contributed by atoms with Gasteiger partial charge in [-0.3, -0.25) is 19.1 Å². The Bertz CT molecular complexity index is 1680. The highest BCUT2D eigenvalue weighted by Gasteiger charge is 2.38. The molecule has 11 heteroatoms. The highest BCUT2D eigenvalue weighted by molar-refractivity contribution is 6.74. The van der Waals surface area contributed by atoms with Gasteiger partial charge in [0.15, 0.2) is 14.1 Å². The molecule has 10 nitrogen and oxygen atoms in total. The summed E-state index contributed by atoms with van der Waals surface area (Å²) < 4.78 is 8.29. The molecule has 3 fully saturated rings. The second-order valence-corrected chi connectivity index (χ2v) is 21.2. The van der Waals surface area contributed by atoms with Crippen LogP contribution in [0, 0.1) is 18.8 Å². The molecule has 3 aromatic heterocycles. The van der Waals surface area contributed by atoms with Crippen LogP contribution in [0.5, 0.6) is 0 Å². The number of carbonyl (C=O) groups is 1. The van der Waals surface area contributed by atoms with Crippen molar-refractivity contribution >= 4 is 42.6 Å². The number of rotatable bonds is 10. The van der Waals surface area contributed by atoms with E-state index >= 15 is 0 Å². The normalized spacial score (nSPS) is 21.4. The quantitative estimate of drug-likeness (QED) is 0.171. The number of nitrogens with one attached hydrogen (secondary N) is 1. The van der Waals surface area contributed by atoms with E-state index in [1.54, 1.807) is 10.8 Å². The molecule has 2 aliphatic carbocycles. The van der Waals surface area contributed by atoms with Crippen LogP contribution in [-0.2, 0) is 4.43 Å².